The first-order valence-corrected chi connectivity index (χ1v) is 18.5. The third kappa shape index (κ3) is 11.2. The molecule has 0 bridgehead atoms. The van der Waals surface area contributed by atoms with E-state index in [1.54, 1.807) is 36.4 Å². The zero-order valence-corrected chi connectivity index (χ0v) is 30.9. The highest BCUT2D eigenvalue weighted by molar-refractivity contribution is 5.98. The van der Waals surface area contributed by atoms with Crippen LogP contribution in [0.15, 0.2) is 158 Å². The first-order chi connectivity index (χ1) is 27.6. The van der Waals surface area contributed by atoms with E-state index in [-0.39, 0.29) is 43.6 Å². The summed E-state index contributed by atoms with van der Waals surface area (Å²) in [5, 5.41) is 15.8. The molecule has 9 nitrogen and oxygen atoms in total. The topological polar surface area (TPSA) is 119 Å². The van der Waals surface area contributed by atoms with Crippen molar-refractivity contribution in [3.05, 3.63) is 191 Å². The van der Waals surface area contributed by atoms with Crippen LogP contribution in [0.5, 0.6) is 23.0 Å². The van der Waals surface area contributed by atoms with E-state index in [1.165, 1.54) is 0 Å². The third-order valence-corrected chi connectivity index (χ3v) is 8.79. The van der Waals surface area contributed by atoms with E-state index in [1.807, 2.05) is 121 Å². The van der Waals surface area contributed by atoms with Crippen LogP contribution in [-0.2, 0) is 26.4 Å². The molecule has 2 amide bonds. The lowest BCUT2D eigenvalue weighted by Gasteiger charge is -2.18. The number of nitrogens with zero attached hydrogens (tertiary/aromatic N) is 1. The monoisotopic (exact) mass is 745 g/mol. The Kier molecular flexibility index (Phi) is 14.1. The lowest BCUT2D eigenvalue weighted by Crippen LogP contribution is -2.35. The van der Waals surface area contributed by atoms with Crippen LogP contribution in [0.2, 0.25) is 0 Å². The zero-order valence-electron chi connectivity index (χ0n) is 30.9. The quantitative estimate of drug-likeness (QED) is 0.0796. The second kappa shape index (κ2) is 20.4. The van der Waals surface area contributed by atoms with Crippen LogP contribution >= 0.6 is 0 Å². The van der Waals surface area contributed by atoms with Crippen molar-refractivity contribution in [3.63, 3.8) is 0 Å². The Morgan fingerprint density at radius 3 is 1.30 bits per heavy atom. The van der Waals surface area contributed by atoms with E-state index in [0.717, 1.165) is 22.3 Å². The van der Waals surface area contributed by atoms with Crippen molar-refractivity contribution in [2.45, 2.75) is 45.3 Å². The smallest absolute Gasteiger partial charge is 0.256 e. The summed E-state index contributed by atoms with van der Waals surface area (Å²) in [6, 6.07) is 50.5. The van der Waals surface area contributed by atoms with E-state index < -0.39 is 11.9 Å². The Balaban J connectivity index is 1.08. The van der Waals surface area contributed by atoms with Gasteiger partial charge in [0.2, 0.25) is 0 Å². The average Bonchev–Trinajstić information content (AvgIpc) is 3.25. The lowest BCUT2D eigenvalue weighted by molar-refractivity contribution is 0.0927. The number of hydrogen-bond donors (Lipinski definition) is 2. The van der Waals surface area contributed by atoms with E-state index in [0.29, 0.717) is 42.3 Å². The largest absolute Gasteiger partial charge is 0.485 e. The Morgan fingerprint density at radius 2 is 0.893 bits per heavy atom. The van der Waals surface area contributed by atoms with Crippen LogP contribution in [0, 0.1) is 11.3 Å². The van der Waals surface area contributed by atoms with Crippen molar-refractivity contribution in [1.29, 1.82) is 5.26 Å². The van der Waals surface area contributed by atoms with Crippen molar-refractivity contribution in [2.24, 2.45) is 0 Å². The van der Waals surface area contributed by atoms with Crippen molar-refractivity contribution < 1.29 is 28.5 Å². The summed E-state index contributed by atoms with van der Waals surface area (Å²) in [6.07, 6.45) is 0.719. The molecule has 56 heavy (non-hydrogen) atoms. The summed E-state index contributed by atoms with van der Waals surface area (Å²) in [5.41, 5.74) is 4.40. The predicted molar refractivity (Wildman–Crippen MR) is 214 cm³/mol. The maximum Gasteiger partial charge on any atom is 0.256 e. The fourth-order valence-corrected chi connectivity index (χ4v) is 5.85. The molecule has 0 saturated heterocycles. The maximum absolute atomic E-state index is 13.7. The minimum Gasteiger partial charge on any atom is -0.485 e. The SMILES string of the molecule is N#C[C@H](CCCNC(=O)c1cccc(OCc2ccccc2)c1OCc1ccccc1)NC(=O)c1cccc(OCc2ccccc2)c1OCc1ccccc1. The molecule has 0 spiro atoms. The van der Waals surface area contributed by atoms with Gasteiger partial charge in [-0.3, -0.25) is 9.59 Å². The highest BCUT2D eigenvalue weighted by Crippen LogP contribution is 2.34. The lowest BCUT2D eigenvalue weighted by atomic mass is 10.1. The number of nitriles is 1. The van der Waals surface area contributed by atoms with Gasteiger partial charge in [0.1, 0.15) is 32.5 Å². The molecule has 0 fully saturated rings. The summed E-state index contributed by atoms with van der Waals surface area (Å²) in [4.78, 5) is 27.2. The van der Waals surface area contributed by atoms with Crippen LogP contribution in [-0.4, -0.2) is 24.4 Å². The molecular weight excluding hydrogens is 703 g/mol. The molecule has 0 radical (unpaired) electrons. The minimum absolute atomic E-state index is 0.218. The number of benzene rings is 6. The van der Waals surface area contributed by atoms with Gasteiger partial charge in [-0.1, -0.05) is 133 Å². The third-order valence-electron chi connectivity index (χ3n) is 8.79. The molecule has 9 heteroatoms. The fourth-order valence-electron chi connectivity index (χ4n) is 5.85. The number of para-hydroxylation sites is 2. The summed E-state index contributed by atoms with van der Waals surface area (Å²) in [7, 11) is 0. The van der Waals surface area contributed by atoms with Crippen molar-refractivity contribution >= 4 is 11.8 Å². The molecule has 0 unspecified atom stereocenters. The Hall–Kier alpha value is -7.05. The molecule has 0 aliphatic heterocycles. The highest BCUT2D eigenvalue weighted by Gasteiger charge is 2.22. The summed E-state index contributed by atoms with van der Waals surface area (Å²) < 4.78 is 24.7. The number of rotatable bonds is 19. The van der Waals surface area contributed by atoms with Gasteiger partial charge in [0.05, 0.1) is 17.2 Å². The van der Waals surface area contributed by atoms with Gasteiger partial charge in [-0.15, -0.1) is 0 Å². The summed E-state index contributed by atoms with van der Waals surface area (Å²) >= 11 is 0. The molecule has 6 aromatic rings. The van der Waals surface area contributed by atoms with Gasteiger partial charge in [0.15, 0.2) is 23.0 Å². The summed E-state index contributed by atoms with van der Waals surface area (Å²) in [5.74, 6) is 0.674. The first-order valence-electron chi connectivity index (χ1n) is 18.5. The Labute approximate surface area is 327 Å². The molecule has 2 N–H and O–H groups in total. The van der Waals surface area contributed by atoms with Crippen molar-refractivity contribution in [3.8, 4) is 29.1 Å². The molecule has 0 saturated carbocycles. The normalized spacial score (nSPS) is 11.1. The molecular formula is C47H43N3O6. The van der Waals surface area contributed by atoms with E-state index >= 15 is 0 Å². The number of carbonyl (C=O) groups is 2. The van der Waals surface area contributed by atoms with Crippen molar-refractivity contribution in [1.82, 2.24) is 10.6 Å². The van der Waals surface area contributed by atoms with Gasteiger partial charge in [-0.2, -0.15) is 5.26 Å². The minimum atomic E-state index is -0.824. The van der Waals surface area contributed by atoms with E-state index in [9.17, 15) is 14.9 Å². The Morgan fingerprint density at radius 1 is 0.500 bits per heavy atom. The Bertz CT molecular complexity index is 2190. The van der Waals surface area contributed by atoms with Crippen LogP contribution in [0.3, 0.4) is 0 Å². The molecule has 0 aromatic heterocycles. The molecule has 6 aromatic carbocycles. The van der Waals surface area contributed by atoms with Crippen molar-refractivity contribution in [2.75, 3.05) is 6.54 Å². The molecule has 282 valence electrons. The number of hydrogen-bond acceptors (Lipinski definition) is 7. The van der Waals surface area contributed by atoms with Gasteiger partial charge in [-0.25, -0.2) is 0 Å². The van der Waals surface area contributed by atoms with Gasteiger partial charge in [0.25, 0.3) is 11.8 Å². The molecule has 1 atom stereocenters. The molecule has 0 heterocycles. The van der Waals surface area contributed by atoms with Crippen LogP contribution < -0.4 is 29.6 Å². The number of nitrogens with one attached hydrogen (secondary N) is 2. The highest BCUT2D eigenvalue weighted by atomic mass is 16.5. The predicted octanol–water partition coefficient (Wildman–Crippen LogP) is 8.83. The molecule has 0 aliphatic rings. The van der Waals surface area contributed by atoms with Gasteiger partial charge in [0, 0.05) is 6.54 Å². The number of ether oxygens (including phenoxy) is 4. The number of carbonyl (C=O) groups excluding carboxylic acids is 2. The van der Waals surface area contributed by atoms with Crippen LogP contribution in [0.4, 0.5) is 0 Å². The first kappa shape index (κ1) is 38.7. The van der Waals surface area contributed by atoms with Gasteiger partial charge in [-0.05, 0) is 59.4 Å². The maximum atomic E-state index is 13.7. The fraction of sp³-hybridized carbons (Fsp3) is 0.170. The van der Waals surface area contributed by atoms with E-state index in [4.69, 9.17) is 18.9 Å². The molecule has 0 aliphatic carbocycles. The molecule has 6 rings (SSSR count). The second-order valence-electron chi connectivity index (χ2n) is 12.9. The van der Waals surface area contributed by atoms with Crippen LogP contribution in [0.1, 0.15) is 55.8 Å². The zero-order chi connectivity index (χ0) is 38.8. The summed E-state index contributed by atoms with van der Waals surface area (Å²) in [6.45, 7) is 1.31. The average molecular weight is 746 g/mol. The second-order valence-corrected chi connectivity index (χ2v) is 12.9. The van der Waals surface area contributed by atoms with E-state index in [2.05, 4.69) is 16.7 Å². The van der Waals surface area contributed by atoms with Gasteiger partial charge < -0.3 is 29.6 Å². The number of amides is 2. The van der Waals surface area contributed by atoms with Crippen LogP contribution in [0.25, 0.3) is 0 Å². The standard InChI is InChI=1S/C47H43N3O6/c48-30-39(50-47(52)41-26-14-28-43(54-32-36-18-7-2-8-19-36)45(41)56-34-38-22-11-4-12-23-38)24-15-29-49-46(51)40-25-13-27-42(53-31-35-16-5-1-6-17-35)44(40)55-33-37-20-9-3-10-21-37/h1-14,16-23,25-28,39H,15,24,29,31-34H2,(H,49,51)(H,50,52)/t39-/m0/s1. The van der Waals surface area contributed by atoms with Gasteiger partial charge >= 0.3 is 0 Å².